The number of aromatic nitrogens is 1. The van der Waals surface area contributed by atoms with E-state index in [9.17, 15) is 8.78 Å². The van der Waals surface area contributed by atoms with Crippen LogP contribution in [0, 0.1) is 0 Å². The lowest BCUT2D eigenvalue weighted by molar-refractivity contribution is -0.0499. The van der Waals surface area contributed by atoms with Crippen LogP contribution >= 0.6 is 0 Å². The van der Waals surface area contributed by atoms with Gasteiger partial charge in [-0.2, -0.15) is 8.78 Å². The van der Waals surface area contributed by atoms with Gasteiger partial charge in [0.25, 0.3) is 0 Å². The van der Waals surface area contributed by atoms with Crippen molar-refractivity contribution in [3.63, 3.8) is 0 Å². The van der Waals surface area contributed by atoms with Crippen LogP contribution in [0.5, 0.6) is 5.75 Å². The second-order valence-electron chi connectivity index (χ2n) is 4.24. The summed E-state index contributed by atoms with van der Waals surface area (Å²) in [6, 6.07) is 10.0. The molecule has 1 unspecified atom stereocenters. The summed E-state index contributed by atoms with van der Waals surface area (Å²) < 4.78 is 28.8. The molecule has 0 saturated heterocycles. The second-order valence-corrected chi connectivity index (χ2v) is 4.24. The highest BCUT2D eigenvalue weighted by atomic mass is 19.3. The summed E-state index contributed by atoms with van der Waals surface area (Å²) in [6.07, 6.45) is 4.03. The van der Waals surface area contributed by atoms with E-state index in [-0.39, 0.29) is 11.8 Å². The molecule has 1 atom stereocenters. The van der Waals surface area contributed by atoms with Crippen molar-refractivity contribution in [1.29, 1.82) is 0 Å². The Hall–Kier alpha value is -2.05. The molecule has 0 saturated carbocycles. The SMILES string of the molecule is NNC(Cc1cccnc1)c1cccc(OC(F)F)c1. The van der Waals surface area contributed by atoms with E-state index in [1.165, 1.54) is 6.07 Å². The Kier molecular flexibility index (Phi) is 4.97. The Balaban J connectivity index is 2.15. The summed E-state index contributed by atoms with van der Waals surface area (Å²) in [6.45, 7) is -2.84. The molecule has 0 aliphatic rings. The molecule has 0 aliphatic carbocycles. The maximum Gasteiger partial charge on any atom is 0.387 e. The first-order valence-electron chi connectivity index (χ1n) is 6.09. The predicted molar refractivity (Wildman–Crippen MR) is 71.1 cm³/mol. The Bertz CT molecular complexity index is 537. The van der Waals surface area contributed by atoms with Crippen LogP contribution in [0.25, 0.3) is 0 Å². The van der Waals surface area contributed by atoms with Crippen molar-refractivity contribution in [3.05, 3.63) is 59.9 Å². The van der Waals surface area contributed by atoms with Crippen LogP contribution < -0.4 is 16.0 Å². The zero-order valence-corrected chi connectivity index (χ0v) is 10.7. The van der Waals surface area contributed by atoms with Gasteiger partial charge in [0, 0.05) is 12.4 Å². The molecule has 0 radical (unpaired) electrons. The van der Waals surface area contributed by atoms with E-state index < -0.39 is 6.61 Å². The minimum atomic E-state index is -2.84. The monoisotopic (exact) mass is 279 g/mol. The predicted octanol–water partition coefficient (Wildman–Crippen LogP) is 2.43. The highest BCUT2D eigenvalue weighted by molar-refractivity contribution is 5.31. The van der Waals surface area contributed by atoms with Crippen molar-refractivity contribution in [2.75, 3.05) is 0 Å². The third-order valence-electron chi connectivity index (χ3n) is 2.85. The molecular formula is C14H15F2N3O. The third kappa shape index (κ3) is 3.97. The standard InChI is InChI=1S/C14H15F2N3O/c15-14(16)20-12-5-1-4-11(8-12)13(19-17)7-10-3-2-6-18-9-10/h1-6,8-9,13-14,19H,7,17H2. The quantitative estimate of drug-likeness (QED) is 0.630. The smallest absolute Gasteiger partial charge is 0.387 e. The van der Waals surface area contributed by atoms with Crippen LogP contribution in [-0.2, 0) is 6.42 Å². The number of ether oxygens (including phenoxy) is 1. The maximum atomic E-state index is 12.2. The van der Waals surface area contributed by atoms with Crippen LogP contribution in [-0.4, -0.2) is 11.6 Å². The first-order chi connectivity index (χ1) is 9.69. The van der Waals surface area contributed by atoms with Crippen LogP contribution in [0.1, 0.15) is 17.2 Å². The molecule has 0 fully saturated rings. The molecule has 4 nitrogen and oxygen atoms in total. The first-order valence-corrected chi connectivity index (χ1v) is 6.09. The number of halogens is 2. The Morgan fingerprint density at radius 1 is 1.25 bits per heavy atom. The maximum absolute atomic E-state index is 12.2. The minimum Gasteiger partial charge on any atom is -0.435 e. The molecule has 2 rings (SSSR count). The van der Waals surface area contributed by atoms with E-state index in [1.54, 1.807) is 30.6 Å². The zero-order chi connectivity index (χ0) is 14.4. The van der Waals surface area contributed by atoms with E-state index >= 15 is 0 Å². The average Bonchev–Trinajstić information content (AvgIpc) is 2.45. The Labute approximate surface area is 115 Å². The fourth-order valence-electron chi connectivity index (χ4n) is 1.94. The van der Waals surface area contributed by atoms with Crippen molar-refractivity contribution >= 4 is 0 Å². The van der Waals surface area contributed by atoms with Gasteiger partial charge in [-0.05, 0) is 35.7 Å². The topological polar surface area (TPSA) is 60.2 Å². The van der Waals surface area contributed by atoms with E-state index in [2.05, 4.69) is 15.1 Å². The van der Waals surface area contributed by atoms with Crippen LogP contribution in [0.4, 0.5) is 8.78 Å². The van der Waals surface area contributed by atoms with Crippen LogP contribution in [0.2, 0.25) is 0 Å². The molecular weight excluding hydrogens is 264 g/mol. The van der Waals surface area contributed by atoms with Gasteiger partial charge in [-0.1, -0.05) is 18.2 Å². The Morgan fingerprint density at radius 2 is 2.10 bits per heavy atom. The minimum absolute atomic E-state index is 0.115. The lowest BCUT2D eigenvalue weighted by Gasteiger charge is -2.17. The first kappa shape index (κ1) is 14.4. The van der Waals surface area contributed by atoms with Crippen molar-refractivity contribution in [1.82, 2.24) is 10.4 Å². The van der Waals surface area contributed by atoms with E-state index in [4.69, 9.17) is 5.84 Å². The van der Waals surface area contributed by atoms with Crippen molar-refractivity contribution in [2.24, 2.45) is 5.84 Å². The van der Waals surface area contributed by atoms with Gasteiger partial charge in [-0.15, -0.1) is 0 Å². The fraction of sp³-hybridized carbons (Fsp3) is 0.214. The van der Waals surface area contributed by atoms with Gasteiger partial charge in [0.2, 0.25) is 0 Å². The number of hydrogen-bond acceptors (Lipinski definition) is 4. The van der Waals surface area contributed by atoms with Gasteiger partial charge in [0.1, 0.15) is 5.75 Å². The van der Waals surface area contributed by atoms with Gasteiger partial charge in [-0.3, -0.25) is 16.3 Å². The normalized spacial score (nSPS) is 12.4. The molecule has 0 amide bonds. The summed E-state index contributed by atoms with van der Waals surface area (Å²) in [5.74, 6) is 5.66. The van der Waals surface area contributed by atoms with Crippen molar-refractivity contribution in [2.45, 2.75) is 19.1 Å². The lowest BCUT2D eigenvalue weighted by atomic mass is 10.0. The van der Waals surface area contributed by atoms with Crippen molar-refractivity contribution < 1.29 is 13.5 Å². The molecule has 3 N–H and O–H groups in total. The summed E-state index contributed by atoms with van der Waals surface area (Å²) in [5, 5.41) is 0. The molecule has 2 aromatic rings. The van der Waals surface area contributed by atoms with Crippen molar-refractivity contribution in [3.8, 4) is 5.75 Å². The van der Waals surface area contributed by atoms with Gasteiger partial charge in [0.05, 0.1) is 6.04 Å². The fourth-order valence-corrected chi connectivity index (χ4v) is 1.94. The highest BCUT2D eigenvalue weighted by Gasteiger charge is 2.12. The molecule has 1 heterocycles. The molecule has 0 aliphatic heterocycles. The van der Waals surface area contributed by atoms with E-state index in [0.717, 1.165) is 11.1 Å². The number of nitrogens with one attached hydrogen (secondary N) is 1. The number of benzene rings is 1. The van der Waals surface area contributed by atoms with E-state index in [0.29, 0.717) is 6.42 Å². The van der Waals surface area contributed by atoms with Crippen LogP contribution in [0.3, 0.4) is 0 Å². The number of hydrogen-bond donors (Lipinski definition) is 2. The van der Waals surface area contributed by atoms with Crippen LogP contribution in [0.15, 0.2) is 48.8 Å². The molecule has 20 heavy (non-hydrogen) atoms. The molecule has 106 valence electrons. The summed E-state index contributed by atoms with van der Waals surface area (Å²) in [7, 11) is 0. The molecule has 1 aromatic heterocycles. The average molecular weight is 279 g/mol. The number of hydrazine groups is 1. The number of alkyl halides is 2. The largest absolute Gasteiger partial charge is 0.435 e. The highest BCUT2D eigenvalue weighted by Crippen LogP contribution is 2.22. The summed E-state index contributed by atoms with van der Waals surface area (Å²) in [4.78, 5) is 4.03. The lowest BCUT2D eigenvalue weighted by Crippen LogP contribution is -2.29. The number of rotatable bonds is 6. The van der Waals surface area contributed by atoms with E-state index in [1.807, 2.05) is 12.1 Å². The number of pyridine rings is 1. The number of nitrogens with two attached hydrogens (primary N) is 1. The van der Waals surface area contributed by atoms with Gasteiger partial charge < -0.3 is 4.74 Å². The Morgan fingerprint density at radius 3 is 2.75 bits per heavy atom. The second kappa shape index (κ2) is 6.93. The third-order valence-corrected chi connectivity index (χ3v) is 2.85. The summed E-state index contributed by atoms with van der Waals surface area (Å²) in [5.41, 5.74) is 4.45. The number of nitrogens with zero attached hydrogens (tertiary/aromatic N) is 1. The van der Waals surface area contributed by atoms with Gasteiger partial charge >= 0.3 is 6.61 Å². The molecule has 6 heteroatoms. The summed E-state index contributed by atoms with van der Waals surface area (Å²) >= 11 is 0. The van der Waals surface area contributed by atoms with Gasteiger partial charge in [0.15, 0.2) is 0 Å². The molecule has 0 bridgehead atoms. The molecule has 1 aromatic carbocycles. The molecule has 0 spiro atoms. The zero-order valence-electron chi connectivity index (χ0n) is 10.7. The van der Waals surface area contributed by atoms with Gasteiger partial charge in [-0.25, -0.2) is 0 Å².